The largest absolute Gasteiger partial charge is 0.465 e. The van der Waals surface area contributed by atoms with Gasteiger partial charge in [-0.25, -0.2) is 4.79 Å². The van der Waals surface area contributed by atoms with Crippen molar-refractivity contribution in [2.45, 2.75) is 45.2 Å². The molecule has 0 saturated carbocycles. The summed E-state index contributed by atoms with van der Waals surface area (Å²) in [5.74, 6) is -0.728. The Labute approximate surface area is 130 Å². The molecule has 2 amide bonds. The molecule has 3 atom stereocenters. The van der Waals surface area contributed by atoms with E-state index in [2.05, 4.69) is 0 Å². The van der Waals surface area contributed by atoms with Gasteiger partial charge in [-0.05, 0) is 23.5 Å². The lowest BCUT2D eigenvalue weighted by Crippen LogP contribution is -2.48. The van der Waals surface area contributed by atoms with E-state index in [1.807, 2.05) is 39.0 Å². The van der Waals surface area contributed by atoms with Crippen molar-refractivity contribution in [3.05, 3.63) is 29.8 Å². The van der Waals surface area contributed by atoms with Crippen LogP contribution >= 0.6 is 0 Å². The molecule has 0 saturated heterocycles. The smallest absolute Gasteiger partial charge is 0.412 e. The second-order valence-corrected chi connectivity index (χ2v) is 6.87. The Morgan fingerprint density at radius 2 is 1.91 bits per heavy atom. The third-order valence-electron chi connectivity index (χ3n) is 4.22. The fraction of sp³-hybridized carbons (Fsp3) is 0.500. The Balaban J connectivity index is 2.52. The van der Waals surface area contributed by atoms with Crippen molar-refractivity contribution in [2.24, 2.45) is 16.9 Å². The Morgan fingerprint density at radius 3 is 2.41 bits per heavy atom. The molecule has 1 aromatic rings. The van der Waals surface area contributed by atoms with Gasteiger partial charge in [-0.15, -0.1) is 0 Å². The summed E-state index contributed by atoms with van der Waals surface area (Å²) in [5, 5.41) is 9.66. The molecule has 120 valence electrons. The predicted molar refractivity (Wildman–Crippen MR) is 84.7 cm³/mol. The van der Waals surface area contributed by atoms with Crippen LogP contribution in [0.1, 0.15) is 38.7 Å². The summed E-state index contributed by atoms with van der Waals surface area (Å²) in [6.45, 7) is 5.97. The van der Waals surface area contributed by atoms with Crippen LogP contribution in [0.2, 0.25) is 0 Å². The third kappa shape index (κ3) is 2.78. The number of anilines is 1. The zero-order valence-corrected chi connectivity index (χ0v) is 13.1. The van der Waals surface area contributed by atoms with Crippen molar-refractivity contribution < 1.29 is 14.7 Å². The highest BCUT2D eigenvalue weighted by molar-refractivity contribution is 5.91. The van der Waals surface area contributed by atoms with E-state index in [1.54, 1.807) is 6.07 Å². The number of carbonyl (C=O) groups is 2. The Bertz CT molecular complexity index is 595. The molecule has 0 radical (unpaired) electrons. The van der Waals surface area contributed by atoms with Gasteiger partial charge in [-0.2, -0.15) is 0 Å². The van der Waals surface area contributed by atoms with Crippen LogP contribution in [0.5, 0.6) is 0 Å². The first kappa shape index (κ1) is 16.3. The van der Waals surface area contributed by atoms with Crippen LogP contribution in [-0.4, -0.2) is 29.2 Å². The molecule has 6 heteroatoms. The number of rotatable bonds is 3. The minimum Gasteiger partial charge on any atom is -0.465 e. The number of benzene rings is 1. The number of carboxylic acid groups (broad SMARTS) is 1. The van der Waals surface area contributed by atoms with Gasteiger partial charge in [0, 0.05) is 5.92 Å². The number of hydrogen-bond donors (Lipinski definition) is 3. The van der Waals surface area contributed by atoms with Gasteiger partial charge < -0.3 is 16.6 Å². The minimum atomic E-state index is -0.998. The molecular formula is C16H23N3O3. The summed E-state index contributed by atoms with van der Waals surface area (Å²) in [5.41, 5.74) is 12.4. The normalized spacial score (nSPS) is 22.3. The lowest BCUT2D eigenvalue weighted by molar-refractivity contribution is -0.119. The maximum absolute atomic E-state index is 11.8. The van der Waals surface area contributed by atoms with Gasteiger partial charge in [0.2, 0.25) is 5.91 Å². The number of nitrogens with two attached hydrogens (primary N) is 2. The van der Waals surface area contributed by atoms with Crippen molar-refractivity contribution in [3.8, 4) is 0 Å². The van der Waals surface area contributed by atoms with Gasteiger partial charge in [0.25, 0.3) is 0 Å². The number of carbonyl (C=O) groups excluding carboxylic acids is 1. The van der Waals surface area contributed by atoms with E-state index in [-0.39, 0.29) is 17.4 Å². The molecule has 2 rings (SSSR count). The molecule has 0 spiro atoms. The molecule has 3 unspecified atom stereocenters. The molecule has 0 aromatic heterocycles. The second kappa shape index (κ2) is 5.61. The lowest BCUT2D eigenvalue weighted by Gasteiger charge is -2.37. The predicted octanol–water partition coefficient (Wildman–Crippen LogP) is 1.89. The molecule has 1 aromatic carbocycles. The highest BCUT2D eigenvalue weighted by Crippen LogP contribution is 2.49. The van der Waals surface area contributed by atoms with Crippen molar-refractivity contribution in [2.75, 3.05) is 4.90 Å². The fourth-order valence-electron chi connectivity index (χ4n) is 3.38. The zero-order chi connectivity index (χ0) is 16.7. The van der Waals surface area contributed by atoms with Crippen molar-refractivity contribution >= 4 is 17.7 Å². The molecule has 6 nitrogen and oxygen atoms in total. The van der Waals surface area contributed by atoms with Gasteiger partial charge in [0.1, 0.15) is 0 Å². The fourth-order valence-corrected chi connectivity index (χ4v) is 3.38. The Morgan fingerprint density at radius 1 is 1.32 bits per heavy atom. The van der Waals surface area contributed by atoms with E-state index in [4.69, 9.17) is 11.5 Å². The average molecular weight is 305 g/mol. The number of fused-ring (bicyclic) bond motifs is 1. The van der Waals surface area contributed by atoms with Gasteiger partial charge in [-0.3, -0.25) is 9.69 Å². The Kier molecular flexibility index (Phi) is 4.15. The van der Waals surface area contributed by atoms with E-state index >= 15 is 0 Å². The molecule has 0 fully saturated rings. The van der Waals surface area contributed by atoms with Crippen LogP contribution < -0.4 is 16.4 Å². The summed E-state index contributed by atoms with van der Waals surface area (Å²) >= 11 is 0. The first-order valence-electron chi connectivity index (χ1n) is 7.30. The summed E-state index contributed by atoms with van der Waals surface area (Å²) in [4.78, 5) is 24.5. The average Bonchev–Trinajstić information content (AvgIpc) is 2.73. The number of primary amides is 1. The quantitative estimate of drug-likeness (QED) is 0.792. The van der Waals surface area contributed by atoms with Gasteiger partial charge in [0.15, 0.2) is 0 Å². The van der Waals surface area contributed by atoms with Crippen molar-refractivity contribution in [3.63, 3.8) is 0 Å². The first-order valence-corrected chi connectivity index (χ1v) is 7.30. The van der Waals surface area contributed by atoms with Crippen molar-refractivity contribution in [1.29, 1.82) is 0 Å². The van der Waals surface area contributed by atoms with E-state index in [1.165, 1.54) is 4.90 Å². The molecular weight excluding hydrogens is 282 g/mol. The maximum atomic E-state index is 11.8. The zero-order valence-electron chi connectivity index (χ0n) is 13.1. The van der Waals surface area contributed by atoms with Gasteiger partial charge in [-0.1, -0.05) is 39.0 Å². The second-order valence-electron chi connectivity index (χ2n) is 6.87. The summed E-state index contributed by atoms with van der Waals surface area (Å²) in [7, 11) is 0. The first-order chi connectivity index (χ1) is 10.1. The van der Waals surface area contributed by atoms with E-state index in [0.29, 0.717) is 12.1 Å². The van der Waals surface area contributed by atoms with Crippen molar-refractivity contribution in [1.82, 2.24) is 0 Å². The number of hydrogen-bond acceptors (Lipinski definition) is 3. The van der Waals surface area contributed by atoms with Crippen LogP contribution in [0.3, 0.4) is 0 Å². The van der Waals surface area contributed by atoms with Gasteiger partial charge in [0.05, 0.1) is 17.8 Å². The van der Waals surface area contributed by atoms with Gasteiger partial charge >= 0.3 is 6.09 Å². The van der Waals surface area contributed by atoms with Crippen LogP contribution in [0, 0.1) is 5.41 Å². The highest BCUT2D eigenvalue weighted by atomic mass is 16.4. The molecule has 1 aliphatic heterocycles. The topological polar surface area (TPSA) is 110 Å². The SMILES string of the molecule is CC(C)(C)C1C(CC(N)C(N)=O)c2ccccc2N1C(=O)O. The lowest BCUT2D eigenvalue weighted by atomic mass is 9.75. The maximum Gasteiger partial charge on any atom is 0.412 e. The Hall–Kier alpha value is -2.08. The summed E-state index contributed by atoms with van der Waals surface area (Å²) < 4.78 is 0. The monoisotopic (exact) mass is 305 g/mol. The molecule has 22 heavy (non-hydrogen) atoms. The van der Waals surface area contributed by atoms with Crippen LogP contribution in [0.15, 0.2) is 24.3 Å². The molecule has 0 bridgehead atoms. The van der Waals surface area contributed by atoms with E-state index in [9.17, 15) is 14.7 Å². The minimum absolute atomic E-state index is 0.158. The van der Waals surface area contributed by atoms with Crippen LogP contribution in [0.25, 0.3) is 0 Å². The van der Waals surface area contributed by atoms with Crippen LogP contribution in [-0.2, 0) is 4.79 Å². The standard InChI is InChI=1S/C16H23N3O3/c1-16(2,3)13-10(8-11(17)14(18)20)9-6-4-5-7-12(9)19(13)15(21)22/h4-7,10-11,13H,8,17H2,1-3H3,(H2,18,20)(H,21,22). The number of nitrogens with zero attached hydrogens (tertiary/aromatic N) is 1. The molecule has 1 heterocycles. The number of amides is 2. The third-order valence-corrected chi connectivity index (χ3v) is 4.22. The van der Waals surface area contributed by atoms with Crippen LogP contribution in [0.4, 0.5) is 10.5 Å². The highest BCUT2D eigenvalue weighted by Gasteiger charge is 2.47. The summed E-state index contributed by atoms with van der Waals surface area (Å²) in [6.07, 6.45) is -0.666. The molecule has 5 N–H and O–H groups in total. The number of para-hydroxylation sites is 1. The van der Waals surface area contributed by atoms with E-state index < -0.39 is 18.0 Å². The molecule has 1 aliphatic rings. The summed E-state index contributed by atoms with van der Waals surface area (Å²) in [6, 6.07) is 6.27. The van der Waals surface area contributed by atoms with E-state index in [0.717, 1.165) is 5.56 Å². The molecule has 0 aliphatic carbocycles.